The van der Waals surface area contributed by atoms with Crippen LogP contribution in [0.25, 0.3) is 6.08 Å². The van der Waals surface area contributed by atoms with Gasteiger partial charge < -0.3 is 9.84 Å². The van der Waals surface area contributed by atoms with Crippen LogP contribution < -0.4 is 4.74 Å². The third-order valence-corrected chi connectivity index (χ3v) is 3.96. The van der Waals surface area contributed by atoms with Crippen LogP contribution in [0.5, 0.6) is 5.75 Å². The first-order valence-electron chi connectivity index (χ1n) is 6.98. The van der Waals surface area contributed by atoms with Gasteiger partial charge in [-0.1, -0.05) is 0 Å². The number of ether oxygens (including phenoxy) is 1. The number of ketones is 2. The fourth-order valence-electron chi connectivity index (χ4n) is 2.58. The summed E-state index contributed by atoms with van der Waals surface area (Å²) in [6.45, 7) is 6.41. The SMILES string of the molecule is CC(=O)C(=Cc1cc2c(c(C)c1C)OC(C(=O)O)C2)C(C)=O. The lowest BCUT2D eigenvalue weighted by atomic mass is 9.94. The average molecular weight is 302 g/mol. The fourth-order valence-corrected chi connectivity index (χ4v) is 2.58. The third kappa shape index (κ3) is 2.79. The zero-order valence-electron chi connectivity index (χ0n) is 13.0. The molecule has 1 N–H and O–H groups in total. The number of allylic oxidation sites excluding steroid dienone is 1. The topological polar surface area (TPSA) is 80.7 Å². The van der Waals surface area contributed by atoms with Gasteiger partial charge in [-0.05, 0) is 62.1 Å². The summed E-state index contributed by atoms with van der Waals surface area (Å²) < 4.78 is 5.48. The molecule has 1 aliphatic heterocycles. The van der Waals surface area contributed by atoms with Crippen molar-refractivity contribution in [1.29, 1.82) is 0 Å². The van der Waals surface area contributed by atoms with Gasteiger partial charge in [0.1, 0.15) is 5.75 Å². The summed E-state index contributed by atoms with van der Waals surface area (Å²) in [5.41, 5.74) is 3.36. The molecule has 0 saturated carbocycles. The van der Waals surface area contributed by atoms with E-state index in [9.17, 15) is 14.4 Å². The number of carbonyl (C=O) groups excluding carboxylic acids is 2. The zero-order valence-corrected chi connectivity index (χ0v) is 13.0. The summed E-state index contributed by atoms with van der Waals surface area (Å²) in [7, 11) is 0. The minimum atomic E-state index is -1.00. The van der Waals surface area contributed by atoms with Gasteiger partial charge in [-0.15, -0.1) is 0 Å². The molecule has 22 heavy (non-hydrogen) atoms. The first kappa shape index (κ1) is 15.9. The van der Waals surface area contributed by atoms with Crippen LogP contribution in [0.1, 0.15) is 36.1 Å². The lowest BCUT2D eigenvalue weighted by Gasteiger charge is -2.12. The smallest absolute Gasteiger partial charge is 0.345 e. The molecule has 0 aromatic heterocycles. The lowest BCUT2D eigenvalue weighted by Crippen LogP contribution is -2.24. The van der Waals surface area contributed by atoms with E-state index in [1.807, 2.05) is 13.8 Å². The Morgan fingerprint density at radius 1 is 1.18 bits per heavy atom. The van der Waals surface area contributed by atoms with Gasteiger partial charge >= 0.3 is 5.97 Å². The van der Waals surface area contributed by atoms with Gasteiger partial charge in [0.15, 0.2) is 17.7 Å². The second-order valence-corrected chi connectivity index (χ2v) is 5.52. The molecule has 116 valence electrons. The van der Waals surface area contributed by atoms with Crippen LogP contribution >= 0.6 is 0 Å². The van der Waals surface area contributed by atoms with E-state index >= 15 is 0 Å². The van der Waals surface area contributed by atoms with E-state index in [-0.39, 0.29) is 23.6 Å². The molecule has 0 spiro atoms. The first-order valence-corrected chi connectivity index (χ1v) is 6.98. The first-order chi connectivity index (χ1) is 10.2. The van der Waals surface area contributed by atoms with Crippen LogP contribution in [0.4, 0.5) is 0 Å². The van der Waals surface area contributed by atoms with Crippen molar-refractivity contribution in [3.8, 4) is 5.75 Å². The zero-order chi connectivity index (χ0) is 16.6. The Kier molecular flexibility index (Phi) is 4.17. The molecular weight excluding hydrogens is 284 g/mol. The highest BCUT2D eigenvalue weighted by molar-refractivity contribution is 6.21. The molecule has 5 heteroatoms. The maximum Gasteiger partial charge on any atom is 0.345 e. The van der Waals surface area contributed by atoms with Crippen LogP contribution in [0.3, 0.4) is 0 Å². The molecule has 2 rings (SSSR count). The number of rotatable bonds is 4. The summed E-state index contributed by atoms with van der Waals surface area (Å²) in [6, 6.07) is 1.80. The Labute approximate surface area is 128 Å². The Morgan fingerprint density at radius 2 is 1.77 bits per heavy atom. The maximum absolute atomic E-state index is 11.6. The van der Waals surface area contributed by atoms with Crippen molar-refractivity contribution in [3.63, 3.8) is 0 Å². The highest BCUT2D eigenvalue weighted by Gasteiger charge is 2.31. The Bertz CT molecular complexity index is 696. The number of hydrogen-bond donors (Lipinski definition) is 1. The molecule has 1 aliphatic rings. The van der Waals surface area contributed by atoms with E-state index in [0.29, 0.717) is 5.75 Å². The minimum Gasteiger partial charge on any atom is -0.478 e. The van der Waals surface area contributed by atoms with Crippen LogP contribution in [0.15, 0.2) is 11.6 Å². The summed E-state index contributed by atoms with van der Waals surface area (Å²) in [6.07, 6.45) is 0.969. The average Bonchev–Trinajstić information content (AvgIpc) is 2.84. The van der Waals surface area contributed by atoms with Gasteiger partial charge in [0.2, 0.25) is 0 Å². The van der Waals surface area contributed by atoms with E-state index in [2.05, 4.69) is 0 Å². The van der Waals surface area contributed by atoms with Crippen LogP contribution in [0.2, 0.25) is 0 Å². The van der Waals surface area contributed by atoms with E-state index in [1.165, 1.54) is 13.8 Å². The van der Waals surface area contributed by atoms with Crippen molar-refractivity contribution >= 4 is 23.6 Å². The number of hydrogen-bond acceptors (Lipinski definition) is 4. The van der Waals surface area contributed by atoms with Gasteiger partial charge in [-0.25, -0.2) is 4.79 Å². The molecule has 0 radical (unpaired) electrons. The number of fused-ring (bicyclic) bond motifs is 1. The quantitative estimate of drug-likeness (QED) is 0.524. The highest BCUT2D eigenvalue weighted by Crippen LogP contribution is 2.36. The van der Waals surface area contributed by atoms with Gasteiger partial charge in [0.05, 0.1) is 5.57 Å². The minimum absolute atomic E-state index is 0.135. The third-order valence-electron chi connectivity index (χ3n) is 3.96. The Balaban J connectivity index is 2.54. The van der Waals surface area contributed by atoms with E-state index in [0.717, 1.165) is 22.3 Å². The molecule has 0 bridgehead atoms. The summed E-state index contributed by atoms with van der Waals surface area (Å²) >= 11 is 0. The van der Waals surface area contributed by atoms with E-state index < -0.39 is 12.1 Å². The Hall–Kier alpha value is -2.43. The molecule has 0 saturated heterocycles. The summed E-state index contributed by atoms with van der Waals surface area (Å²) in [5.74, 6) is -0.984. The van der Waals surface area contributed by atoms with Gasteiger partial charge in [-0.2, -0.15) is 0 Å². The predicted octanol–water partition coefficient (Wildman–Crippen LogP) is 2.25. The molecule has 1 aromatic rings. The molecule has 1 aromatic carbocycles. The van der Waals surface area contributed by atoms with Crippen molar-refractivity contribution in [2.75, 3.05) is 0 Å². The van der Waals surface area contributed by atoms with E-state index in [4.69, 9.17) is 9.84 Å². The van der Waals surface area contributed by atoms with E-state index in [1.54, 1.807) is 12.1 Å². The van der Waals surface area contributed by atoms with Gasteiger partial charge in [0.25, 0.3) is 0 Å². The van der Waals surface area contributed by atoms with Gasteiger partial charge in [0, 0.05) is 6.42 Å². The fraction of sp³-hybridized carbons (Fsp3) is 0.353. The predicted molar refractivity (Wildman–Crippen MR) is 81.0 cm³/mol. The molecule has 0 fully saturated rings. The molecule has 0 amide bonds. The summed E-state index contributed by atoms with van der Waals surface area (Å²) in [5, 5.41) is 9.08. The Morgan fingerprint density at radius 3 is 2.27 bits per heavy atom. The number of carbonyl (C=O) groups is 3. The van der Waals surface area contributed by atoms with Crippen LogP contribution in [0, 0.1) is 13.8 Å². The highest BCUT2D eigenvalue weighted by atomic mass is 16.5. The van der Waals surface area contributed by atoms with Crippen LogP contribution in [-0.2, 0) is 20.8 Å². The number of Topliss-reactive ketones (excluding diaryl/α,β-unsaturated/α-hetero) is 2. The molecule has 5 nitrogen and oxygen atoms in total. The van der Waals surface area contributed by atoms with Crippen molar-refractivity contribution < 1.29 is 24.2 Å². The normalized spacial score (nSPS) is 15.7. The maximum atomic E-state index is 11.6. The number of carboxylic acids is 1. The summed E-state index contributed by atoms with van der Waals surface area (Å²) in [4.78, 5) is 34.2. The molecule has 1 unspecified atom stereocenters. The molecule has 1 atom stereocenters. The van der Waals surface area contributed by atoms with Crippen molar-refractivity contribution in [2.24, 2.45) is 0 Å². The number of benzene rings is 1. The van der Waals surface area contributed by atoms with Crippen molar-refractivity contribution in [3.05, 3.63) is 33.9 Å². The monoisotopic (exact) mass is 302 g/mol. The number of aliphatic carboxylic acids is 1. The van der Waals surface area contributed by atoms with Gasteiger partial charge in [-0.3, -0.25) is 9.59 Å². The standard InChI is InChI=1S/C17H18O5/c1-8-9(2)16-13(7-15(22-16)17(20)21)5-12(8)6-14(10(3)18)11(4)19/h5-6,15H,7H2,1-4H3,(H,20,21). The second kappa shape index (κ2) is 5.75. The molecule has 1 heterocycles. The second-order valence-electron chi connectivity index (χ2n) is 5.52. The van der Waals surface area contributed by atoms with Crippen molar-refractivity contribution in [2.45, 2.75) is 40.2 Å². The van der Waals surface area contributed by atoms with Crippen molar-refractivity contribution in [1.82, 2.24) is 0 Å². The molecule has 0 aliphatic carbocycles. The number of carboxylic acid groups (broad SMARTS) is 1. The largest absolute Gasteiger partial charge is 0.478 e. The van der Waals surface area contributed by atoms with Crippen LogP contribution in [-0.4, -0.2) is 28.7 Å². The lowest BCUT2D eigenvalue weighted by molar-refractivity contribution is -0.144. The molecular formula is C17H18O5.